The van der Waals surface area contributed by atoms with Gasteiger partial charge < -0.3 is 4.74 Å². The Morgan fingerprint density at radius 3 is 2.22 bits per heavy atom. The van der Waals surface area contributed by atoms with E-state index in [-0.39, 0.29) is 0 Å². The number of esters is 1. The van der Waals surface area contributed by atoms with Crippen LogP contribution in [0.15, 0.2) is 36.4 Å². The minimum absolute atomic E-state index is 0.552. The summed E-state index contributed by atoms with van der Waals surface area (Å²) in [6, 6.07) is 8.57. The van der Waals surface area contributed by atoms with E-state index in [9.17, 15) is 13.6 Å². The van der Waals surface area contributed by atoms with Gasteiger partial charge in [0.15, 0.2) is 0 Å². The Morgan fingerprint density at radius 2 is 1.72 bits per heavy atom. The van der Waals surface area contributed by atoms with Crippen LogP contribution in [0.1, 0.15) is 26.3 Å². The molecule has 0 aliphatic heterocycles. The number of carbonyl (C=O) groups excluding carboxylic acids is 1. The summed E-state index contributed by atoms with van der Waals surface area (Å²) in [6.07, 6.45) is 1.75. The minimum Gasteiger partial charge on any atom is -0.455 e. The lowest BCUT2D eigenvalue weighted by atomic mass is 10.1. The number of hydrogen-bond acceptors (Lipinski definition) is 2. The fourth-order valence-electron chi connectivity index (χ4n) is 1.18. The number of benzene rings is 1. The summed E-state index contributed by atoms with van der Waals surface area (Å²) >= 11 is 0. The molecule has 1 aromatic carbocycles. The molecule has 0 fully saturated rings. The van der Waals surface area contributed by atoms with E-state index in [4.69, 9.17) is 0 Å². The van der Waals surface area contributed by atoms with E-state index in [2.05, 4.69) is 4.74 Å². The van der Waals surface area contributed by atoms with Gasteiger partial charge in [0.05, 0.1) is 0 Å². The SMILES string of the molecule is CC(C)(C)OC(=O)C(F)(F)/C=C/c1ccccc1. The Labute approximate surface area is 105 Å². The average Bonchev–Trinajstić information content (AvgIpc) is 2.26. The molecule has 0 aliphatic rings. The lowest BCUT2D eigenvalue weighted by Crippen LogP contribution is -2.35. The fraction of sp³-hybridized carbons (Fsp3) is 0.357. The fourth-order valence-corrected chi connectivity index (χ4v) is 1.18. The summed E-state index contributed by atoms with van der Waals surface area (Å²) in [4.78, 5) is 11.3. The molecule has 0 heterocycles. The zero-order valence-electron chi connectivity index (χ0n) is 10.6. The van der Waals surface area contributed by atoms with Crippen molar-refractivity contribution in [3.05, 3.63) is 42.0 Å². The second-order valence-electron chi connectivity index (χ2n) is 4.87. The second-order valence-corrected chi connectivity index (χ2v) is 4.87. The highest BCUT2D eigenvalue weighted by Crippen LogP contribution is 2.22. The van der Waals surface area contributed by atoms with Crippen LogP contribution in [0.5, 0.6) is 0 Å². The van der Waals surface area contributed by atoms with Crippen LogP contribution in [0.25, 0.3) is 6.08 Å². The van der Waals surface area contributed by atoms with Crippen LogP contribution in [-0.4, -0.2) is 17.5 Å². The van der Waals surface area contributed by atoms with Crippen molar-refractivity contribution in [2.75, 3.05) is 0 Å². The van der Waals surface area contributed by atoms with Gasteiger partial charge in [-0.2, -0.15) is 8.78 Å². The summed E-state index contributed by atoms with van der Waals surface area (Å²) in [5.41, 5.74) is -0.332. The Kier molecular flexibility index (Phi) is 4.22. The molecule has 0 amide bonds. The van der Waals surface area contributed by atoms with E-state index in [0.717, 1.165) is 0 Å². The first-order valence-corrected chi connectivity index (χ1v) is 5.56. The van der Waals surface area contributed by atoms with Gasteiger partial charge in [-0.15, -0.1) is 0 Å². The first-order valence-electron chi connectivity index (χ1n) is 5.56. The number of alkyl halides is 2. The van der Waals surface area contributed by atoms with E-state index in [1.54, 1.807) is 51.1 Å². The third kappa shape index (κ3) is 4.65. The number of ether oxygens (including phenoxy) is 1. The monoisotopic (exact) mass is 254 g/mol. The van der Waals surface area contributed by atoms with Gasteiger partial charge in [-0.3, -0.25) is 0 Å². The van der Waals surface area contributed by atoms with Crippen LogP contribution in [0.4, 0.5) is 8.78 Å². The molecule has 0 aromatic heterocycles. The topological polar surface area (TPSA) is 26.3 Å². The quantitative estimate of drug-likeness (QED) is 0.769. The predicted octanol–water partition coefficient (Wildman–Crippen LogP) is 3.68. The average molecular weight is 254 g/mol. The first kappa shape index (κ1) is 14.4. The third-order valence-corrected chi connectivity index (χ3v) is 1.96. The van der Waals surface area contributed by atoms with Crippen molar-refractivity contribution in [1.82, 2.24) is 0 Å². The molecule has 0 aliphatic carbocycles. The lowest BCUT2D eigenvalue weighted by molar-refractivity contribution is -0.176. The molecule has 0 atom stereocenters. The maximum absolute atomic E-state index is 13.5. The largest absolute Gasteiger partial charge is 0.455 e. The summed E-state index contributed by atoms with van der Waals surface area (Å²) in [5, 5.41) is 0. The minimum atomic E-state index is -3.62. The van der Waals surface area contributed by atoms with Gasteiger partial charge in [-0.1, -0.05) is 36.4 Å². The molecule has 98 valence electrons. The van der Waals surface area contributed by atoms with Crippen LogP contribution in [0, 0.1) is 0 Å². The van der Waals surface area contributed by atoms with Crippen molar-refractivity contribution in [2.24, 2.45) is 0 Å². The Morgan fingerprint density at radius 1 is 1.17 bits per heavy atom. The summed E-state index contributed by atoms with van der Waals surface area (Å²) in [5.74, 6) is -5.16. The molecule has 18 heavy (non-hydrogen) atoms. The van der Waals surface area contributed by atoms with E-state index >= 15 is 0 Å². The van der Waals surface area contributed by atoms with Crippen LogP contribution < -0.4 is 0 Å². The van der Waals surface area contributed by atoms with Crippen molar-refractivity contribution in [3.8, 4) is 0 Å². The van der Waals surface area contributed by atoms with Gasteiger partial charge in [0.1, 0.15) is 5.60 Å². The van der Waals surface area contributed by atoms with Gasteiger partial charge in [-0.25, -0.2) is 4.79 Å². The van der Waals surface area contributed by atoms with Gasteiger partial charge in [0, 0.05) is 0 Å². The van der Waals surface area contributed by atoms with Crippen molar-refractivity contribution in [3.63, 3.8) is 0 Å². The standard InChI is InChI=1S/C14H16F2O2/c1-13(2,3)18-12(17)14(15,16)10-9-11-7-5-4-6-8-11/h4-10H,1-3H3/b10-9+. The summed E-state index contributed by atoms with van der Waals surface area (Å²) in [7, 11) is 0. The number of carbonyl (C=O) groups is 1. The number of hydrogen-bond donors (Lipinski definition) is 0. The van der Waals surface area contributed by atoms with Gasteiger partial charge in [0.2, 0.25) is 0 Å². The first-order chi connectivity index (χ1) is 8.21. The highest BCUT2D eigenvalue weighted by atomic mass is 19.3. The molecule has 2 nitrogen and oxygen atoms in total. The maximum Gasteiger partial charge on any atom is 0.381 e. The molecule has 0 spiro atoms. The summed E-state index contributed by atoms with van der Waals surface area (Å²) < 4.78 is 31.6. The van der Waals surface area contributed by atoms with E-state index in [1.165, 1.54) is 6.08 Å². The zero-order valence-corrected chi connectivity index (χ0v) is 10.6. The lowest BCUT2D eigenvalue weighted by Gasteiger charge is -2.22. The molecule has 1 rings (SSSR count). The molecular weight excluding hydrogens is 238 g/mol. The van der Waals surface area contributed by atoms with Crippen LogP contribution in [0.3, 0.4) is 0 Å². The molecule has 0 N–H and O–H groups in total. The van der Waals surface area contributed by atoms with Crippen LogP contribution in [0.2, 0.25) is 0 Å². The highest BCUT2D eigenvalue weighted by molar-refractivity contribution is 5.81. The van der Waals surface area contributed by atoms with Crippen molar-refractivity contribution < 1.29 is 18.3 Å². The Hall–Kier alpha value is -1.71. The molecule has 4 heteroatoms. The Bertz CT molecular complexity index is 431. The van der Waals surface area contributed by atoms with Crippen molar-refractivity contribution >= 4 is 12.0 Å². The summed E-state index contributed by atoms with van der Waals surface area (Å²) in [6.45, 7) is 4.63. The molecule has 0 unspecified atom stereocenters. The Balaban J connectivity index is 2.76. The molecule has 0 bridgehead atoms. The normalized spacial score (nSPS) is 12.7. The van der Waals surface area contributed by atoms with E-state index < -0.39 is 17.5 Å². The van der Waals surface area contributed by atoms with E-state index in [1.807, 2.05) is 0 Å². The highest BCUT2D eigenvalue weighted by Gasteiger charge is 2.39. The van der Waals surface area contributed by atoms with Crippen molar-refractivity contribution in [2.45, 2.75) is 32.3 Å². The van der Waals surface area contributed by atoms with Gasteiger partial charge in [-0.05, 0) is 32.4 Å². The maximum atomic E-state index is 13.5. The third-order valence-electron chi connectivity index (χ3n) is 1.96. The van der Waals surface area contributed by atoms with Crippen LogP contribution in [-0.2, 0) is 9.53 Å². The molecule has 1 aromatic rings. The smallest absolute Gasteiger partial charge is 0.381 e. The van der Waals surface area contributed by atoms with E-state index in [0.29, 0.717) is 11.6 Å². The predicted molar refractivity (Wildman–Crippen MR) is 66.3 cm³/mol. The van der Waals surface area contributed by atoms with Crippen molar-refractivity contribution in [1.29, 1.82) is 0 Å². The molecule has 0 saturated heterocycles. The second kappa shape index (κ2) is 5.29. The molecular formula is C14H16F2O2. The van der Waals surface area contributed by atoms with Gasteiger partial charge >= 0.3 is 11.9 Å². The number of rotatable bonds is 3. The zero-order chi connectivity index (χ0) is 13.8. The van der Waals surface area contributed by atoms with Gasteiger partial charge in [0.25, 0.3) is 0 Å². The number of halogens is 2. The van der Waals surface area contributed by atoms with Crippen LogP contribution >= 0.6 is 0 Å². The molecule has 0 saturated carbocycles. The molecule has 0 radical (unpaired) electrons.